The Balaban J connectivity index is 1.34. The Kier molecular flexibility index (Phi) is 7.22. The van der Waals surface area contributed by atoms with Crippen LogP contribution in [0.25, 0.3) is 76.7 Å². The number of hydrogen-bond acceptors (Lipinski definition) is 3. The minimum absolute atomic E-state index is 0.633. The maximum atomic E-state index is 5.37. The number of benzene rings is 5. The van der Waals surface area contributed by atoms with Gasteiger partial charge >= 0.3 is 0 Å². The lowest BCUT2D eigenvalue weighted by molar-refractivity contribution is 0.974. The zero-order valence-corrected chi connectivity index (χ0v) is 27.6. The molecule has 0 unspecified atom stereocenters. The fraction of sp³-hybridized carbons (Fsp3) is 0.0222. The third kappa shape index (κ3) is 5.14. The van der Waals surface area contributed by atoms with Crippen LogP contribution in [0, 0.1) is 0 Å². The molecule has 0 radical (unpaired) electrons. The van der Waals surface area contributed by atoms with E-state index in [-0.39, 0.29) is 0 Å². The summed E-state index contributed by atoms with van der Waals surface area (Å²) in [7, 11) is 0. The van der Waals surface area contributed by atoms with Crippen molar-refractivity contribution < 1.29 is 0 Å². The molecule has 1 aliphatic carbocycles. The molecule has 3 heterocycles. The van der Waals surface area contributed by atoms with Crippen LogP contribution in [-0.2, 0) is 6.42 Å². The van der Waals surface area contributed by atoms with E-state index in [1.165, 1.54) is 31.7 Å². The van der Waals surface area contributed by atoms with Crippen LogP contribution in [0.2, 0.25) is 0 Å². The topological polar surface area (TPSA) is 30.7 Å². The normalized spacial score (nSPS) is 14.0. The fourth-order valence-corrected chi connectivity index (χ4v) is 8.18. The van der Waals surface area contributed by atoms with Crippen molar-refractivity contribution in [2.24, 2.45) is 0 Å². The number of rotatable bonds is 4. The van der Waals surface area contributed by atoms with E-state index in [1.807, 2.05) is 23.5 Å². The highest BCUT2D eigenvalue weighted by atomic mass is 32.1. The van der Waals surface area contributed by atoms with E-state index in [0.29, 0.717) is 5.95 Å². The summed E-state index contributed by atoms with van der Waals surface area (Å²) in [5.74, 6) is 0.633. The summed E-state index contributed by atoms with van der Waals surface area (Å²) in [6.45, 7) is 4.61. The first-order valence-electron chi connectivity index (χ1n) is 16.5. The van der Waals surface area contributed by atoms with Crippen molar-refractivity contribution in [3.8, 4) is 50.2 Å². The summed E-state index contributed by atoms with van der Waals surface area (Å²) in [6.07, 6.45) is 9.41. The van der Waals surface area contributed by atoms with Gasteiger partial charge < -0.3 is 0 Å². The van der Waals surface area contributed by atoms with Crippen LogP contribution in [0.3, 0.4) is 0 Å². The molecule has 49 heavy (non-hydrogen) atoms. The van der Waals surface area contributed by atoms with Crippen LogP contribution < -0.4 is 0 Å². The summed E-state index contributed by atoms with van der Waals surface area (Å²) in [4.78, 5) is 11.9. The van der Waals surface area contributed by atoms with Crippen LogP contribution in [0.4, 0.5) is 0 Å². The van der Waals surface area contributed by atoms with Gasteiger partial charge in [-0.25, -0.2) is 9.97 Å². The van der Waals surface area contributed by atoms with Gasteiger partial charge in [-0.3, -0.25) is 4.57 Å². The van der Waals surface area contributed by atoms with E-state index in [4.69, 9.17) is 9.97 Å². The second-order valence-electron chi connectivity index (χ2n) is 12.2. The molecule has 8 aromatic rings. The SMILES string of the molecule is C=C1/C=C\C=C/Cc2c(sc3ccccc23)-c2c1c1ccccc1n2-c1nc(-c2ccccc2)cc(-c2ccc(-c3ccccc3)cc2)n1. The molecule has 4 heteroatoms. The molecule has 3 aromatic heterocycles. The largest absolute Gasteiger partial charge is 0.276 e. The van der Waals surface area contributed by atoms with Gasteiger partial charge in [0.15, 0.2) is 0 Å². The predicted molar refractivity (Wildman–Crippen MR) is 207 cm³/mol. The number of nitrogens with zero attached hydrogens (tertiary/aromatic N) is 3. The lowest BCUT2D eigenvalue weighted by atomic mass is 9.97. The van der Waals surface area contributed by atoms with Crippen molar-refractivity contribution in [3.63, 3.8) is 0 Å². The van der Waals surface area contributed by atoms with Crippen molar-refractivity contribution in [3.05, 3.63) is 182 Å². The van der Waals surface area contributed by atoms with Gasteiger partial charge in [0, 0.05) is 26.8 Å². The fourth-order valence-electron chi connectivity index (χ4n) is 6.90. The van der Waals surface area contributed by atoms with Crippen molar-refractivity contribution in [2.45, 2.75) is 6.42 Å². The number of allylic oxidation sites excluding steroid dienone is 5. The third-order valence-corrected chi connectivity index (χ3v) is 10.5. The number of para-hydroxylation sites is 1. The van der Waals surface area contributed by atoms with Gasteiger partial charge in [-0.1, -0.05) is 152 Å². The molecule has 0 fully saturated rings. The first-order valence-corrected chi connectivity index (χ1v) is 17.3. The van der Waals surface area contributed by atoms with E-state index < -0.39 is 0 Å². The zero-order chi connectivity index (χ0) is 32.7. The second kappa shape index (κ2) is 12.2. The first kappa shape index (κ1) is 29.1. The Morgan fingerprint density at radius 3 is 1.94 bits per heavy atom. The Labute approximate surface area is 289 Å². The summed E-state index contributed by atoms with van der Waals surface area (Å²) < 4.78 is 3.54. The van der Waals surface area contributed by atoms with Crippen molar-refractivity contribution >= 4 is 37.9 Å². The van der Waals surface area contributed by atoms with Crippen molar-refractivity contribution in [2.75, 3.05) is 0 Å². The zero-order valence-electron chi connectivity index (χ0n) is 26.8. The quantitative estimate of drug-likeness (QED) is 0.191. The Hall–Kier alpha value is -6.10. The third-order valence-electron chi connectivity index (χ3n) is 9.25. The maximum absolute atomic E-state index is 5.37. The van der Waals surface area contributed by atoms with Crippen LogP contribution in [0.5, 0.6) is 0 Å². The van der Waals surface area contributed by atoms with Crippen LogP contribution >= 0.6 is 11.3 Å². The monoisotopic (exact) mass is 645 g/mol. The molecule has 0 atom stereocenters. The minimum Gasteiger partial charge on any atom is -0.276 e. The molecule has 0 saturated heterocycles. The minimum atomic E-state index is 0.633. The smallest absolute Gasteiger partial charge is 0.235 e. The van der Waals surface area contributed by atoms with E-state index in [2.05, 4.69) is 163 Å². The Bertz CT molecular complexity index is 2570. The van der Waals surface area contributed by atoms with E-state index in [0.717, 1.165) is 56.7 Å². The lowest BCUT2D eigenvalue weighted by Gasteiger charge is -2.15. The molecule has 1 aliphatic rings. The molecule has 0 amide bonds. The predicted octanol–water partition coefficient (Wildman–Crippen LogP) is 12.0. The molecular weight excluding hydrogens is 615 g/mol. The molecule has 232 valence electrons. The van der Waals surface area contributed by atoms with Gasteiger partial charge in [-0.15, -0.1) is 11.3 Å². The Morgan fingerprint density at radius 2 is 1.18 bits per heavy atom. The highest BCUT2D eigenvalue weighted by Gasteiger charge is 2.27. The van der Waals surface area contributed by atoms with Crippen LogP contribution in [0.1, 0.15) is 11.1 Å². The number of thiophene rings is 1. The maximum Gasteiger partial charge on any atom is 0.235 e. The van der Waals surface area contributed by atoms with Gasteiger partial charge in [-0.05, 0) is 52.3 Å². The molecule has 0 aliphatic heterocycles. The molecular formula is C45H31N3S. The molecule has 0 saturated carbocycles. The summed E-state index contributed by atoms with van der Waals surface area (Å²) in [5, 5.41) is 2.41. The Morgan fingerprint density at radius 1 is 0.592 bits per heavy atom. The summed E-state index contributed by atoms with van der Waals surface area (Å²) >= 11 is 1.83. The number of hydrogen-bond donors (Lipinski definition) is 0. The lowest BCUT2D eigenvalue weighted by Crippen LogP contribution is -2.06. The molecule has 0 spiro atoms. The summed E-state index contributed by atoms with van der Waals surface area (Å²) in [5.41, 5.74) is 11.7. The van der Waals surface area contributed by atoms with E-state index >= 15 is 0 Å². The number of fused-ring (bicyclic) bond motifs is 7. The van der Waals surface area contributed by atoms with Gasteiger partial charge in [-0.2, -0.15) is 0 Å². The van der Waals surface area contributed by atoms with E-state index in [9.17, 15) is 0 Å². The van der Waals surface area contributed by atoms with Crippen molar-refractivity contribution in [1.82, 2.24) is 14.5 Å². The molecule has 3 nitrogen and oxygen atoms in total. The van der Waals surface area contributed by atoms with Crippen LogP contribution in [-0.4, -0.2) is 14.5 Å². The van der Waals surface area contributed by atoms with Gasteiger partial charge in [0.2, 0.25) is 5.95 Å². The number of aromatic nitrogens is 3. The van der Waals surface area contributed by atoms with Gasteiger partial charge in [0.05, 0.1) is 27.5 Å². The van der Waals surface area contributed by atoms with Crippen LogP contribution in [0.15, 0.2) is 170 Å². The molecule has 0 bridgehead atoms. The molecule has 0 N–H and O–H groups in total. The molecule has 9 rings (SSSR count). The van der Waals surface area contributed by atoms with Crippen molar-refractivity contribution in [1.29, 1.82) is 0 Å². The first-order chi connectivity index (χ1) is 24.2. The highest BCUT2D eigenvalue weighted by molar-refractivity contribution is 7.22. The average Bonchev–Trinajstić information content (AvgIpc) is 3.71. The van der Waals surface area contributed by atoms with E-state index in [1.54, 1.807) is 0 Å². The van der Waals surface area contributed by atoms with Gasteiger partial charge in [0.1, 0.15) is 0 Å². The highest BCUT2D eigenvalue weighted by Crippen LogP contribution is 2.47. The standard InChI is InChI=1S/C45H31N3S/c1-30-15-5-2-10-21-36-35-20-12-14-24-41(35)49-44(36)43-42(30)37-22-11-13-23-40(37)48(43)45-46-38(33-18-8-4-9-19-33)29-39(47-45)34-27-25-32(26-28-34)31-16-6-3-7-17-31/h2-20,22-29H,1,21H2/b10-2-,15-5-. The average molecular weight is 646 g/mol. The summed E-state index contributed by atoms with van der Waals surface area (Å²) in [6, 6.07) is 49.0. The second-order valence-corrected chi connectivity index (χ2v) is 13.3. The van der Waals surface area contributed by atoms with Gasteiger partial charge in [0.25, 0.3) is 0 Å². The molecule has 5 aromatic carbocycles.